The van der Waals surface area contributed by atoms with Gasteiger partial charge in [-0.3, -0.25) is 4.79 Å². The number of carbonyl (C=O) groups is 1. The van der Waals surface area contributed by atoms with Crippen LogP contribution in [0.5, 0.6) is 0 Å². The summed E-state index contributed by atoms with van der Waals surface area (Å²) in [5, 5.41) is 12.9. The first-order valence-electron chi connectivity index (χ1n) is 6.71. The molecule has 3 aromatic rings. The highest BCUT2D eigenvalue weighted by molar-refractivity contribution is 8.00. The number of amides is 1. The maximum Gasteiger partial charge on any atom is 0.230 e. The smallest absolute Gasteiger partial charge is 0.230 e. The zero-order valence-corrected chi connectivity index (χ0v) is 13.8. The van der Waals surface area contributed by atoms with Crippen molar-refractivity contribution in [2.24, 2.45) is 0 Å². The number of thioether (sulfide) groups is 1. The molecule has 1 N–H and O–H groups in total. The third-order valence-electron chi connectivity index (χ3n) is 3.06. The Hall–Kier alpha value is -1.99. The number of fused-ring (bicyclic) bond motifs is 1. The lowest BCUT2D eigenvalue weighted by Crippen LogP contribution is -2.19. The topological polar surface area (TPSA) is 67.8 Å². The molecule has 7 heteroatoms. The Bertz CT molecular complexity index is 817. The van der Waals surface area contributed by atoms with Gasteiger partial charge in [0.2, 0.25) is 5.91 Å². The highest BCUT2D eigenvalue weighted by atomic mass is 32.2. The number of benzene rings is 1. The second-order valence-corrected chi connectivity index (χ2v) is 6.76. The van der Waals surface area contributed by atoms with E-state index in [-0.39, 0.29) is 5.91 Å². The fourth-order valence-electron chi connectivity index (χ4n) is 2.01. The van der Waals surface area contributed by atoms with Crippen LogP contribution in [0.25, 0.3) is 21.5 Å². The lowest BCUT2D eigenvalue weighted by molar-refractivity contribution is -0.118. The number of hydrogen-bond acceptors (Lipinski definition) is 6. The van der Waals surface area contributed by atoms with Crippen LogP contribution in [0.4, 0.5) is 0 Å². The van der Waals surface area contributed by atoms with Crippen molar-refractivity contribution in [3.63, 3.8) is 0 Å². The zero-order chi connectivity index (χ0) is 15.5. The molecule has 0 saturated carbocycles. The van der Waals surface area contributed by atoms with Gasteiger partial charge in [0.05, 0.1) is 15.5 Å². The van der Waals surface area contributed by atoms with E-state index >= 15 is 0 Å². The molecule has 0 bridgehead atoms. The Morgan fingerprint density at radius 1 is 1.27 bits per heavy atom. The van der Waals surface area contributed by atoms with E-state index < -0.39 is 0 Å². The van der Waals surface area contributed by atoms with Crippen LogP contribution in [0.3, 0.4) is 0 Å². The van der Waals surface area contributed by atoms with Gasteiger partial charge >= 0.3 is 0 Å². The molecule has 0 radical (unpaired) electrons. The first-order chi connectivity index (χ1) is 10.7. The minimum Gasteiger partial charge on any atom is -0.358 e. The number of rotatable bonds is 4. The number of nitrogens with zero attached hydrogens (tertiary/aromatic N) is 3. The van der Waals surface area contributed by atoms with Gasteiger partial charge in [0.25, 0.3) is 0 Å². The second kappa shape index (κ2) is 6.41. The number of carbonyl (C=O) groups excluding carboxylic acids is 1. The molecular weight excluding hydrogens is 316 g/mol. The van der Waals surface area contributed by atoms with Gasteiger partial charge in [0.1, 0.15) is 16.2 Å². The van der Waals surface area contributed by atoms with Crippen LogP contribution < -0.4 is 5.32 Å². The second-order valence-electron chi connectivity index (χ2n) is 4.59. The zero-order valence-electron chi connectivity index (χ0n) is 12.2. The highest BCUT2D eigenvalue weighted by Crippen LogP contribution is 2.35. The summed E-state index contributed by atoms with van der Waals surface area (Å²) in [6, 6.07) is 9.95. The normalized spacial score (nSPS) is 10.8. The van der Waals surface area contributed by atoms with Gasteiger partial charge in [-0.05, 0) is 6.92 Å². The van der Waals surface area contributed by atoms with Crippen molar-refractivity contribution in [1.82, 2.24) is 20.5 Å². The molecule has 0 aliphatic heterocycles. The van der Waals surface area contributed by atoms with E-state index in [2.05, 4.69) is 20.5 Å². The van der Waals surface area contributed by atoms with Gasteiger partial charge in [-0.25, -0.2) is 4.98 Å². The minimum absolute atomic E-state index is 0.0426. The van der Waals surface area contributed by atoms with Crippen LogP contribution in [0.2, 0.25) is 0 Å². The Balaban J connectivity index is 2.05. The van der Waals surface area contributed by atoms with E-state index in [1.54, 1.807) is 18.4 Å². The predicted molar refractivity (Wildman–Crippen MR) is 90.2 cm³/mol. The van der Waals surface area contributed by atoms with Gasteiger partial charge in [-0.2, -0.15) is 0 Å². The first kappa shape index (κ1) is 14.9. The number of nitrogens with one attached hydrogen (secondary N) is 1. The molecule has 0 atom stereocenters. The highest BCUT2D eigenvalue weighted by Gasteiger charge is 2.16. The van der Waals surface area contributed by atoms with Gasteiger partial charge in [-0.1, -0.05) is 42.1 Å². The molecule has 0 aliphatic rings. The molecule has 0 aliphatic carbocycles. The van der Waals surface area contributed by atoms with Gasteiger partial charge in [0, 0.05) is 12.6 Å². The minimum atomic E-state index is -0.0426. The maximum absolute atomic E-state index is 11.4. The van der Waals surface area contributed by atoms with Gasteiger partial charge in [-0.15, -0.1) is 21.5 Å². The van der Waals surface area contributed by atoms with Crippen molar-refractivity contribution in [3.8, 4) is 11.3 Å². The Labute approximate surface area is 136 Å². The van der Waals surface area contributed by atoms with Crippen LogP contribution in [0.15, 0.2) is 35.4 Å². The molecule has 2 heterocycles. The molecule has 1 aromatic carbocycles. The Morgan fingerprint density at radius 3 is 2.77 bits per heavy atom. The van der Waals surface area contributed by atoms with Crippen LogP contribution in [-0.4, -0.2) is 33.9 Å². The molecule has 0 fully saturated rings. The van der Waals surface area contributed by atoms with Crippen LogP contribution in [-0.2, 0) is 4.79 Å². The summed E-state index contributed by atoms with van der Waals surface area (Å²) >= 11 is 2.96. The monoisotopic (exact) mass is 330 g/mol. The lowest BCUT2D eigenvalue weighted by atomic mass is 10.1. The van der Waals surface area contributed by atoms with Crippen LogP contribution in [0.1, 0.15) is 5.01 Å². The van der Waals surface area contributed by atoms with E-state index in [1.165, 1.54) is 11.8 Å². The van der Waals surface area contributed by atoms with E-state index in [0.717, 1.165) is 26.5 Å². The molecule has 1 amide bonds. The van der Waals surface area contributed by atoms with Crippen LogP contribution in [0, 0.1) is 6.92 Å². The molecule has 3 rings (SSSR count). The SMILES string of the molecule is CNC(=O)CSc1nnc(-c2ccccc2)c2sc(C)nc12. The van der Waals surface area contributed by atoms with Crippen molar-refractivity contribution in [3.05, 3.63) is 35.3 Å². The lowest BCUT2D eigenvalue weighted by Gasteiger charge is -2.04. The molecule has 5 nitrogen and oxygen atoms in total. The summed E-state index contributed by atoms with van der Waals surface area (Å²) in [5.74, 6) is 0.265. The predicted octanol–water partition coefficient (Wildman–Crippen LogP) is 2.90. The largest absolute Gasteiger partial charge is 0.358 e. The van der Waals surface area contributed by atoms with E-state index in [9.17, 15) is 4.79 Å². The fourth-order valence-corrected chi connectivity index (χ4v) is 3.80. The van der Waals surface area contributed by atoms with E-state index in [0.29, 0.717) is 10.8 Å². The first-order valence-corrected chi connectivity index (χ1v) is 8.52. The molecule has 0 spiro atoms. The molecule has 0 saturated heterocycles. The standard InChI is InChI=1S/C15H14N4OS2/c1-9-17-13-14(22-9)12(10-6-4-3-5-7-10)18-19-15(13)21-8-11(20)16-2/h3-7H,8H2,1-2H3,(H,16,20). The summed E-state index contributed by atoms with van der Waals surface area (Å²) in [6.45, 7) is 1.96. The summed E-state index contributed by atoms with van der Waals surface area (Å²) in [6.07, 6.45) is 0. The average molecular weight is 330 g/mol. The summed E-state index contributed by atoms with van der Waals surface area (Å²) in [4.78, 5) is 16.0. The fraction of sp³-hybridized carbons (Fsp3) is 0.200. The van der Waals surface area contributed by atoms with E-state index in [4.69, 9.17) is 0 Å². The third-order valence-corrected chi connectivity index (χ3v) is 4.99. The number of thiazole rings is 1. The summed E-state index contributed by atoms with van der Waals surface area (Å²) < 4.78 is 1.01. The molecule has 22 heavy (non-hydrogen) atoms. The summed E-state index contributed by atoms with van der Waals surface area (Å²) in [5.41, 5.74) is 2.68. The van der Waals surface area contributed by atoms with Crippen molar-refractivity contribution in [2.45, 2.75) is 11.9 Å². The number of aryl methyl sites for hydroxylation is 1. The molecule has 2 aromatic heterocycles. The van der Waals surface area contributed by atoms with E-state index in [1.807, 2.05) is 37.3 Å². The van der Waals surface area contributed by atoms with Crippen molar-refractivity contribution < 1.29 is 4.79 Å². The quantitative estimate of drug-likeness (QED) is 0.745. The van der Waals surface area contributed by atoms with Gasteiger partial charge < -0.3 is 5.32 Å². The molecule has 0 unspecified atom stereocenters. The Morgan fingerprint density at radius 2 is 2.05 bits per heavy atom. The Kier molecular flexibility index (Phi) is 4.35. The van der Waals surface area contributed by atoms with Crippen LogP contribution >= 0.6 is 23.1 Å². The van der Waals surface area contributed by atoms with Crippen molar-refractivity contribution in [2.75, 3.05) is 12.8 Å². The maximum atomic E-state index is 11.4. The number of hydrogen-bond donors (Lipinski definition) is 1. The molecular formula is C15H14N4OS2. The summed E-state index contributed by atoms with van der Waals surface area (Å²) in [7, 11) is 1.62. The van der Waals surface area contributed by atoms with Crippen molar-refractivity contribution in [1.29, 1.82) is 0 Å². The number of aromatic nitrogens is 3. The van der Waals surface area contributed by atoms with Crippen molar-refractivity contribution >= 4 is 39.2 Å². The third kappa shape index (κ3) is 2.95. The molecule has 112 valence electrons. The average Bonchev–Trinajstić information content (AvgIpc) is 2.94. The van der Waals surface area contributed by atoms with Gasteiger partial charge in [0.15, 0.2) is 0 Å².